The molecule has 4 rings (SSSR count). The number of carbonyl (C=O) groups is 1. The zero-order chi connectivity index (χ0) is 17.8. The Labute approximate surface area is 151 Å². The van der Waals surface area contributed by atoms with Crippen LogP contribution in [0.25, 0.3) is 17.1 Å². The first-order valence-electron chi connectivity index (χ1n) is 8.24. The lowest BCUT2D eigenvalue weighted by molar-refractivity contribution is 0.102. The van der Waals surface area contributed by atoms with Crippen molar-refractivity contribution < 1.29 is 4.79 Å². The summed E-state index contributed by atoms with van der Waals surface area (Å²) in [7, 11) is 0. The molecule has 2 heterocycles. The lowest BCUT2D eigenvalue weighted by Crippen LogP contribution is -2.15. The van der Waals surface area contributed by atoms with Crippen LogP contribution < -0.4 is 5.32 Å². The van der Waals surface area contributed by atoms with Gasteiger partial charge in [0.25, 0.3) is 5.91 Å². The van der Waals surface area contributed by atoms with Gasteiger partial charge in [0.15, 0.2) is 5.82 Å². The molecule has 5 heteroatoms. The van der Waals surface area contributed by atoms with Gasteiger partial charge in [-0.1, -0.05) is 54.6 Å². The topological polar surface area (TPSA) is 59.8 Å². The minimum Gasteiger partial charge on any atom is -0.306 e. The van der Waals surface area contributed by atoms with Gasteiger partial charge in [0, 0.05) is 23.4 Å². The summed E-state index contributed by atoms with van der Waals surface area (Å²) in [5.74, 6) is 1.01. The Balaban J connectivity index is 1.75. The van der Waals surface area contributed by atoms with E-state index >= 15 is 0 Å². The summed E-state index contributed by atoms with van der Waals surface area (Å²) < 4.78 is 1.64. The Morgan fingerprint density at radius 2 is 1.54 bits per heavy atom. The molecular weight excluding hydrogens is 324 g/mol. The molecule has 2 aromatic carbocycles. The van der Waals surface area contributed by atoms with Crippen LogP contribution in [0.15, 0.2) is 91.1 Å². The highest BCUT2D eigenvalue weighted by atomic mass is 16.1. The number of hydrogen-bond acceptors (Lipinski definition) is 3. The number of anilines is 1. The van der Waals surface area contributed by atoms with E-state index in [9.17, 15) is 4.79 Å². The fourth-order valence-corrected chi connectivity index (χ4v) is 2.65. The standard InChI is InChI=1S/C21H16N4O/c26-21(17-11-5-2-6-12-17)23-20-15-18(16-9-3-1-4-10-16)24-25(20)19-13-7-8-14-22-19/h1-15H,(H,23,26). The number of amides is 1. The normalized spacial score (nSPS) is 10.5. The first-order chi connectivity index (χ1) is 12.8. The quantitative estimate of drug-likeness (QED) is 0.606. The van der Waals surface area contributed by atoms with Crippen molar-refractivity contribution in [3.63, 3.8) is 0 Å². The van der Waals surface area contributed by atoms with Crippen molar-refractivity contribution in [2.24, 2.45) is 0 Å². The van der Waals surface area contributed by atoms with Gasteiger partial charge in [0.1, 0.15) is 5.82 Å². The number of pyridine rings is 1. The van der Waals surface area contributed by atoms with Gasteiger partial charge in [-0.3, -0.25) is 4.79 Å². The summed E-state index contributed by atoms with van der Waals surface area (Å²) in [6, 6.07) is 26.3. The molecule has 0 aliphatic carbocycles. The van der Waals surface area contributed by atoms with Gasteiger partial charge in [-0.05, 0) is 24.3 Å². The van der Waals surface area contributed by atoms with Gasteiger partial charge in [0.2, 0.25) is 0 Å². The maximum absolute atomic E-state index is 12.6. The number of nitrogens with zero attached hydrogens (tertiary/aromatic N) is 3. The van der Waals surface area contributed by atoms with E-state index in [1.807, 2.05) is 72.8 Å². The molecule has 1 amide bonds. The summed E-state index contributed by atoms with van der Waals surface area (Å²) in [6.07, 6.45) is 1.70. The van der Waals surface area contributed by atoms with Crippen LogP contribution in [-0.4, -0.2) is 20.7 Å². The largest absolute Gasteiger partial charge is 0.306 e. The third-order valence-electron chi connectivity index (χ3n) is 3.92. The van der Waals surface area contributed by atoms with Gasteiger partial charge in [-0.2, -0.15) is 9.78 Å². The number of aromatic nitrogens is 3. The highest BCUT2D eigenvalue weighted by Crippen LogP contribution is 2.24. The number of carbonyl (C=O) groups excluding carboxylic acids is 1. The third kappa shape index (κ3) is 3.23. The van der Waals surface area contributed by atoms with E-state index in [-0.39, 0.29) is 5.91 Å². The molecule has 0 bridgehead atoms. The van der Waals surface area contributed by atoms with Gasteiger partial charge in [-0.25, -0.2) is 4.98 Å². The minimum atomic E-state index is -0.192. The first kappa shape index (κ1) is 15.8. The zero-order valence-electron chi connectivity index (χ0n) is 13.9. The Bertz CT molecular complexity index is 1010. The SMILES string of the molecule is O=C(Nc1cc(-c2ccccc2)nn1-c1ccccn1)c1ccccc1. The average molecular weight is 340 g/mol. The molecule has 0 atom stereocenters. The molecule has 2 aromatic heterocycles. The third-order valence-corrected chi connectivity index (χ3v) is 3.92. The fourth-order valence-electron chi connectivity index (χ4n) is 2.65. The molecule has 0 unspecified atom stereocenters. The predicted octanol–water partition coefficient (Wildman–Crippen LogP) is 4.19. The van der Waals surface area contributed by atoms with Crippen molar-refractivity contribution in [3.05, 3.63) is 96.7 Å². The summed E-state index contributed by atoms with van der Waals surface area (Å²) in [6.45, 7) is 0. The zero-order valence-corrected chi connectivity index (χ0v) is 13.9. The van der Waals surface area contributed by atoms with Gasteiger partial charge in [0.05, 0.1) is 5.69 Å². The molecule has 0 radical (unpaired) electrons. The van der Waals surface area contributed by atoms with E-state index < -0.39 is 0 Å². The van der Waals surface area contributed by atoms with E-state index in [2.05, 4.69) is 15.4 Å². The Hall–Kier alpha value is -3.73. The summed E-state index contributed by atoms with van der Waals surface area (Å²) in [5.41, 5.74) is 2.32. The summed E-state index contributed by atoms with van der Waals surface area (Å²) >= 11 is 0. The van der Waals surface area contributed by atoms with Crippen molar-refractivity contribution >= 4 is 11.7 Å². The van der Waals surface area contributed by atoms with Crippen molar-refractivity contribution in [1.29, 1.82) is 0 Å². The summed E-state index contributed by atoms with van der Waals surface area (Å²) in [5, 5.41) is 7.57. The first-order valence-corrected chi connectivity index (χ1v) is 8.24. The molecule has 0 saturated heterocycles. The second kappa shape index (κ2) is 7.03. The fraction of sp³-hybridized carbons (Fsp3) is 0. The minimum absolute atomic E-state index is 0.192. The van der Waals surface area contributed by atoms with Crippen LogP contribution >= 0.6 is 0 Å². The van der Waals surface area contributed by atoms with E-state index in [1.165, 1.54) is 0 Å². The number of nitrogens with one attached hydrogen (secondary N) is 1. The van der Waals surface area contributed by atoms with Crippen LogP contribution in [0.3, 0.4) is 0 Å². The average Bonchev–Trinajstić information content (AvgIpc) is 3.14. The van der Waals surface area contributed by atoms with Gasteiger partial charge < -0.3 is 5.32 Å². The van der Waals surface area contributed by atoms with Crippen LogP contribution in [0.2, 0.25) is 0 Å². The molecular formula is C21H16N4O. The second-order valence-corrected chi connectivity index (χ2v) is 5.70. The lowest BCUT2D eigenvalue weighted by Gasteiger charge is -2.07. The maximum atomic E-state index is 12.6. The molecule has 26 heavy (non-hydrogen) atoms. The number of hydrogen-bond donors (Lipinski definition) is 1. The Morgan fingerprint density at radius 1 is 0.846 bits per heavy atom. The summed E-state index contributed by atoms with van der Waals surface area (Å²) in [4.78, 5) is 16.9. The van der Waals surface area contributed by atoms with Crippen molar-refractivity contribution in [1.82, 2.24) is 14.8 Å². The highest BCUT2D eigenvalue weighted by Gasteiger charge is 2.15. The molecule has 1 N–H and O–H groups in total. The number of benzene rings is 2. The number of rotatable bonds is 4. The van der Waals surface area contributed by atoms with E-state index in [0.29, 0.717) is 17.2 Å². The van der Waals surface area contributed by atoms with Crippen LogP contribution in [0.5, 0.6) is 0 Å². The molecule has 5 nitrogen and oxygen atoms in total. The van der Waals surface area contributed by atoms with Crippen LogP contribution in [0.1, 0.15) is 10.4 Å². The molecule has 0 aliphatic rings. The molecule has 0 aliphatic heterocycles. The van der Waals surface area contributed by atoms with Crippen LogP contribution in [0, 0.1) is 0 Å². The molecule has 126 valence electrons. The highest BCUT2D eigenvalue weighted by molar-refractivity contribution is 6.04. The Morgan fingerprint density at radius 3 is 2.23 bits per heavy atom. The van der Waals surface area contributed by atoms with Crippen LogP contribution in [-0.2, 0) is 0 Å². The molecule has 0 saturated carbocycles. The van der Waals surface area contributed by atoms with Gasteiger partial charge >= 0.3 is 0 Å². The second-order valence-electron chi connectivity index (χ2n) is 5.70. The predicted molar refractivity (Wildman–Crippen MR) is 101 cm³/mol. The van der Waals surface area contributed by atoms with E-state index in [1.54, 1.807) is 23.0 Å². The maximum Gasteiger partial charge on any atom is 0.256 e. The van der Waals surface area contributed by atoms with Crippen molar-refractivity contribution in [2.75, 3.05) is 5.32 Å². The van der Waals surface area contributed by atoms with E-state index in [4.69, 9.17) is 0 Å². The molecule has 4 aromatic rings. The van der Waals surface area contributed by atoms with Crippen molar-refractivity contribution in [3.8, 4) is 17.1 Å². The lowest BCUT2D eigenvalue weighted by atomic mass is 10.1. The smallest absolute Gasteiger partial charge is 0.256 e. The monoisotopic (exact) mass is 340 g/mol. The Kier molecular flexibility index (Phi) is 4.26. The van der Waals surface area contributed by atoms with E-state index in [0.717, 1.165) is 11.3 Å². The van der Waals surface area contributed by atoms with Crippen molar-refractivity contribution in [2.45, 2.75) is 0 Å². The molecule has 0 spiro atoms. The van der Waals surface area contributed by atoms with Gasteiger partial charge in [-0.15, -0.1) is 0 Å². The molecule has 0 fully saturated rings. The van der Waals surface area contributed by atoms with Crippen LogP contribution in [0.4, 0.5) is 5.82 Å².